The molecule has 5 nitrogen and oxygen atoms in total. The second-order valence-electron chi connectivity index (χ2n) is 7.58. The van der Waals surface area contributed by atoms with Crippen molar-refractivity contribution in [2.24, 2.45) is 0 Å². The second-order valence-corrected chi connectivity index (χ2v) is 9.61. The van der Waals surface area contributed by atoms with E-state index in [9.17, 15) is 9.59 Å². The molecule has 0 aliphatic carbocycles. The summed E-state index contributed by atoms with van der Waals surface area (Å²) in [6, 6.07) is 23.7. The molecule has 1 aliphatic heterocycles. The Labute approximate surface area is 206 Å². The third kappa shape index (κ3) is 5.60. The van der Waals surface area contributed by atoms with E-state index in [-0.39, 0.29) is 17.3 Å². The summed E-state index contributed by atoms with van der Waals surface area (Å²) in [5.74, 6) is 1.30. The molecule has 3 aromatic rings. The monoisotopic (exact) mass is 525 g/mol. The number of benzene rings is 3. The first-order valence-corrected chi connectivity index (χ1v) is 12.6. The van der Waals surface area contributed by atoms with Crippen LogP contribution >= 0.6 is 27.7 Å². The van der Waals surface area contributed by atoms with Crippen LogP contribution in [0.4, 0.5) is 0 Å². The molecule has 0 spiro atoms. The van der Waals surface area contributed by atoms with Crippen molar-refractivity contribution in [3.63, 3.8) is 0 Å². The summed E-state index contributed by atoms with van der Waals surface area (Å²) >= 11 is 4.99. The number of esters is 1. The van der Waals surface area contributed by atoms with Crippen LogP contribution in [0.15, 0.2) is 83.3 Å². The van der Waals surface area contributed by atoms with Crippen molar-refractivity contribution in [1.82, 2.24) is 4.90 Å². The van der Waals surface area contributed by atoms with Crippen LogP contribution in [0.2, 0.25) is 0 Å². The fraction of sp³-hybridized carbons (Fsp3) is 0.231. The summed E-state index contributed by atoms with van der Waals surface area (Å²) in [7, 11) is 0. The van der Waals surface area contributed by atoms with Gasteiger partial charge in [0, 0.05) is 15.8 Å². The maximum Gasteiger partial charge on any atom is 0.329 e. The van der Waals surface area contributed by atoms with Crippen molar-refractivity contribution in [3.8, 4) is 11.5 Å². The topological polar surface area (TPSA) is 55.8 Å². The van der Waals surface area contributed by atoms with Crippen LogP contribution in [-0.2, 0) is 9.53 Å². The molecule has 7 heteroatoms. The predicted octanol–water partition coefficient (Wildman–Crippen LogP) is 6.45. The van der Waals surface area contributed by atoms with Gasteiger partial charge in [0.05, 0.1) is 6.61 Å². The molecule has 1 saturated heterocycles. The third-order valence-corrected chi connectivity index (χ3v) is 6.97. The summed E-state index contributed by atoms with van der Waals surface area (Å²) in [6.07, 6.45) is 0.730. The van der Waals surface area contributed by atoms with E-state index in [1.165, 1.54) is 0 Å². The Hall–Kier alpha value is -2.77. The standard InChI is InChI=1S/C26H24BrNO4S/c1-2-14-31-26(30)23-17-33-25(28(23)24(29)18-8-6-10-20(27)15-18)19-9-7-13-22(16-19)32-21-11-4-3-5-12-21/h3-13,15-16,23,25H,2,14,17H2,1H3. The number of hydrogen-bond acceptors (Lipinski definition) is 5. The minimum absolute atomic E-state index is 0.209. The molecule has 0 radical (unpaired) electrons. The third-order valence-electron chi connectivity index (χ3n) is 5.15. The van der Waals surface area contributed by atoms with Gasteiger partial charge in [0.1, 0.15) is 22.9 Å². The van der Waals surface area contributed by atoms with Gasteiger partial charge in [-0.25, -0.2) is 4.79 Å². The largest absolute Gasteiger partial charge is 0.464 e. The number of ether oxygens (including phenoxy) is 2. The Morgan fingerprint density at radius 1 is 1.00 bits per heavy atom. The van der Waals surface area contributed by atoms with Crippen LogP contribution in [0.25, 0.3) is 0 Å². The van der Waals surface area contributed by atoms with Crippen molar-refractivity contribution < 1.29 is 19.1 Å². The number of carbonyl (C=O) groups excluding carboxylic acids is 2. The molecular formula is C26H24BrNO4S. The Morgan fingerprint density at radius 3 is 2.52 bits per heavy atom. The van der Waals surface area contributed by atoms with E-state index in [2.05, 4.69) is 15.9 Å². The zero-order valence-corrected chi connectivity index (χ0v) is 20.6. The van der Waals surface area contributed by atoms with Crippen LogP contribution in [0.1, 0.15) is 34.6 Å². The van der Waals surface area contributed by atoms with Crippen LogP contribution in [0, 0.1) is 0 Å². The van der Waals surface area contributed by atoms with Crippen molar-refractivity contribution in [1.29, 1.82) is 0 Å². The maximum atomic E-state index is 13.6. The summed E-state index contributed by atoms with van der Waals surface area (Å²) in [4.78, 5) is 28.1. The molecule has 2 unspecified atom stereocenters. The second kappa shape index (κ2) is 10.9. The van der Waals surface area contributed by atoms with Gasteiger partial charge in [0.25, 0.3) is 5.91 Å². The number of thioether (sulfide) groups is 1. The Balaban J connectivity index is 1.65. The number of rotatable bonds is 7. The first kappa shape index (κ1) is 23.4. The number of halogens is 1. The molecule has 33 heavy (non-hydrogen) atoms. The lowest BCUT2D eigenvalue weighted by atomic mass is 10.1. The quantitative estimate of drug-likeness (QED) is 0.331. The van der Waals surface area contributed by atoms with Gasteiger partial charge in [0.15, 0.2) is 0 Å². The normalized spacial score (nSPS) is 17.6. The predicted molar refractivity (Wildman–Crippen MR) is 134 cm³/mol. The highest BCUT2D eigenvalue weighted by Crippen LogP contribution is 2.43. The van der Waals surface area contributed by atoms with Gasteiger partial charge in [-0.1, -0.05) is 59.3 Å². The van der Waals surface area contributed by atoms with Gasteiger partial charge in [-0.05, 0) is 54.4 Å². The number of nitrogens with zero attached hydrogens (tertiary/aromatic N) is 1. The highest BCUT2D eigenvalue weighted by Gasteiger charge is 2.43. The molecule has 1 heterocycles. The first-order chi connectivity index (χ1) is 16.1. The van der Waals surface area contributed by atoms with Crippen LogP contribution in [0.3, 0.4) is 0 Å². The molecule has 1 fully saturated rings. The number of carbonyl (C=O) groups is 2. The summed E-state index contributed by atoms with van der Waals surface area (Å²) in [6.45, 7) is 2.28. The molecule has 2 atom stereocenters. The van der Waals surface area contributed by atoms with E-state index < -0.39 is 6.04 Å². The van der Waals surface area contributed by atoms with E-state index >= 15 is 0 Å². The lowest BCUT2D eigenvalue weighted by Crippen LogP contribution is -2.44. The molecule has 170 valence electrons. The molecule has 0 bridgehead atoms. The SMILES string of the molecule is CCCOC(=O)C1CSC(c2cccc(Oc3ccccc3)c2)N1C(=O)c1cccc(Br)c1. The molecule has 1 amide bonds. The zero-order valence-electron chi connectivity index (χ0n) is 18.1. The molecule has 0 aromatic heterocycles. The van der Waals surface area contributed by atoms with Gasteiger partial charge < -0.3 is 14.4 Å². The smallest absolute Gasteiger partial charge is 0.329 e. The highest BCUT2D eigenvalue weighted by atomic mass is 79.9. The van der Waals surface area contributed by atoms with E-state index in [4.69, 9.17) is 9.47 Å². The Morgan fingerprint density at radius 2 is 1.76 bits per heavy atom. The van der Waals surface area contributed by atoms with Gasteiger partial charge in [-0.3, -0.25) is 4.79 Å². The van der Waals surface area contributed by atoms with Gasteiger partial charge in [-0.15, -0.1) is 11.8 Å². The van der Waals surface area contributed by atoms with Crippen molar-refractivity contribution in [3.05, 3.63) is 94.5 Å². The zero-order chi connectivity index (χ0) is 23.2. The number of para-hydroxylation sites is 1. The summed E-state index contributed by atoms with van der Waals surface area (Å²) in [5, 5.41) is -0.338. The lowest BCUT2D eigenvalue weighted by Gasteiger charge is -2.29. The van der Waals surface area contributed by atoms with Crippen molar-refractivity contribution >= 4 is 39.6 Å². The Bertz CT molecular complexity index is 1120. The molecule has 0 N–H and O–H groups in total. The van der Waals surface area contributed by atoms with Crippen LogP contribution < -0.4 is 4.74 Å². The molecule has 1 aliphatic rings. The van der Waals surface area contributed by atoms with Crippen molar-refractivity contribution in [2.45, 2.75) is 24.8 Å². The molecule has 0 saturated carbocycles. The fourth-order valence-corrected chi connectivity index (χ4v) is 5.42. The average molecular weight is 526 g/mol. The van der Waals surface area contributed by atoms with E-state index in [0.717, 1.165) is 22.2 Å². The van der Waals surface area contributed by atoms with Crippen LogP contribution in [-0.4, -0.2) is 35.2 Å². The van der Waals surface area contributed by atoms with Gasteiger partial charge in [-0.2, -0.15) is 0 Å². The maximum absolute atomic E-state index is 13.6. The summed E-state index contributed by atoms with van der Waals surface area (Å²) < 4.78 is 12.2. The molecule has 3 aromatic carbocycles. The molecule has 4 rings (SSSR count). The minimum atomic E-state index is -0.656. The van der Waals surface area contributed by atoms with Crippen molar-refractivity contribution in [2.75, 3.05) is 12.4 Å². The number of amides is 1. The molecular weight excluding hydrogens is 502 g/mol. The number of hydrogen-bond donors (Lipinski definition) is 0. The lowest BCUT2D eigenvalue weighted by molar-refractivity contribution is -0.148. The first-order valence-electron chi connectivity index (χ1n) is 10.8. The van der Waals surface area contributed by atoms with E-state index in [1.807, 2.05) is 73.7 Å². The van der Waals surface area contributed by atoms with Crippen LogP contribution in [0.5, 0.6) is 11.5 Å². The Kier molecular flexibility index (Phi) is 7.73. The minimum Gasteiger partial charge on any atom is -0.464 e. The van der Waals surface area contributed by atoms with E-state index in [1.54, 1.807) is 28.8 Å². The average Bonchev–Trinajstić information content (AvgIpc) is 3.28. The van der Waals surface area contributed by atoms with E-state index in [0.29, 0.717) is 23.7 Å². The highest BCUT2D eigenvalue weighted by molar-refractivity contribution is 9.10. The van der Waals surface area contributed by atoms with Gasteiger partial charge in [0.2, 0.25) is 0 Å². The van der Waals surface area contributed by atoms with Gasteiger partial charge >= 0.3 is 5.97 Å². The summed E-state index contributed by atoms with van der Waals surface area (Å²) in [5.41, 5.74) is 1.41. The fourth-order valence-electron chi connectivity index (χ4n) is 3.62.